The average molecular weight is 292 g/mol. The largest absolute Gasteiger partial charge is 0.324 e. The summed E-state index contributed by atoms with van der Waals surface area (Å²) < 4.78 is 13.3. The van der Waals surface area contributed by atoms with Crippen LogP contribution < -0.4 is 5.32 Å². The van der Waals surface area contributed by atoms with Gasteiger partial charge >= 0.3 is 5.00 Å². The van der Waals surface area contributed by atoms with Gasteiger partial charge in [0.15, 0.2) is 0 Å². The van der Waals surface area contributed by atoms with Crippen LogP contribution in [0.5, 0.6) is 0 Å². The lowest BCUT2D eigenvalue weighted by Crippen LogP contribution is -2.08. The molecular formula is C13H9FN2O3S. The molecule has 5 nitrogen and oxygen atoms in total. The van der Waals surface area contributed by atoms with E-state index in [0.29, 0.717) is 4.88 Å². The first-order valence-electron chi connectivity index (χ1n) is 5.54. The molecule has 1 amide bonds. The Labute approximate surface area is 117 Å². The van der Waals surface area contributed by atoms with Crippen LogP contribution in [0.2, 0.25) is 0 Å². The Morgan fingerprint density at radius 1 is 1.30 bits per heavy atom. The van der Waals surface area contributed by atoms with Crippen LogP contribution in [-0.4, -0.2) is 10.8 Å². The quantitative estimate of drug-likeness (QED) is 0.533. The molecule has 102 valence electrons. The number of amides is 1. The molecule has 0 radical (unpaired) electrons. The highest BCUT2D eigenvalue weighted by Gasteiger charge is 2.08. The number of rotatable bonds is 4. The lowest BCUT2D eigenvalue weighted by atomic mass is 10.3. The molecule has 0 bridgehead atoms. The second kappa shape index (κ2) is 6.07. The molecule has 1 heterocycles. The minimum atomic E-state index is -0.527. The van der Waals surface area contributed by atoms with Crippen molar-refractivity contribution in [3.8, 4) is 0 Å². The van der Waals surface area contributed by atoms with Gasteiger partial charge in [-0.25, -0.2) is 4.39 Å². The standard InChI is InChI=1S/C13H9FN2O3S/c14-10-3-1-2-4-11(10)15-12(17)7-5-9-6-8-13(20-9)16(18)19/h1-8H,(H,15,17)/b7-5+. The average Bonchev–Trinajstić information content (AvgIpc) is 2.88. The summed E-state index contributed by atoms with van der Waals surface area (Å²) >= 11 is 0.952. The molecule has 20 heavy (non-hydrogen) atoms. The first-order chi connectivity index (χ1) is 9.56. The van der Waals surface area contributed by atoms with E-state index in [1.807, 2.05) is 0 Å². The predicted molar refractivity (Wildman–Crippen MR) is 75.0 cm³/mol. The van der Waals surface area contributed by atoms with Gasteiger partial charge in [0, 0.05) is 17.0 Å². The fourth-order valence-corrected chi connectivity index (χ4v) is 2.15. The molecule has 0 atom stereocenters. The summed E-state index contributed by atoms with van der Waals surface area (Å²) in [5.41, 5.74) is 0.0827. The molecular weight excluding hydrogens is 283 g/mol. The summed E-state index contributed by atoms with van der Waals surface area (Å²) in [4.78, 5) is 22.2. The number of benzene rings is 1. The zero-order chi connectivity index (χ0) is 14.5. The van der Waals surface area contributed by atoms with Crippen LogP contribution >= 0.6 is 11.3 Å². The van der Waals surface area contributed by atoms with Crippen LogP contribution in [-0.2, 0) is 4.79 Å². The van der Waals surface area contributed by atoms with E-state index >= 15 is 0 Å². The molecule has 7 heteroatoms. The zero-order valence-corrected chi connectivity index (χ0v) is 10.9. The van der Waals surface area contributed by atoms with Crippen LogP contribution in [0.15, 0.2) is 42.5 Å². The number of carbonyl (C=O) groups is 1. The highest BCUT2D eigenvalue weighted by Crippen LogP contribution is 2.24. The fraction of sp³-hybridized carbons (Fsp3) is 0. The first-order valence-corrected chi connectivity index (χ1v) is 6.36. The van der Waals surface area contributed by atoms with Crippen LogP contribution in [0.1, 0.15) is 4.88 Å². The molecule has 0 aliphatic carbocycles. The highest BCUT2D eigenvalue weighted by molar-refractivity contribution is 7.16. The number of para-hydroxylation sites is 1. The van der Waals surface area contributed by atoms with E-state index < -0.39 is 16.6 Å². The molecule has 0 spiro atoms. The van der Waals surface area contributed by atoms with Gasteiger partial charge in [-0.2, -0.15) is 0 Å². The van der Waals surface area contributed by atoms with Gasteiger partial charge in [0.2, 0.25) is 5.91 Å². The minimum Gasteiger partial charge on any atom is -0.320 e. The molecule has 1 aromatic heterocycles. The van der Waals surface area contributed by atoms with Crippen molar-refractivity contribution >= 4 is 34.0 Å². The van der Waals surface area contributed by atoms with Gasteiger partial charge in [0.1, 0.15) is 5.82 Å². The number of nitro groups is 1. The van der Waals surface area contributed by atoms with E-state index in [4.69, 9.17) is 0 Å². The lowest BCUT2D eigenvalue weighted by molar-refractivity contribution is -0.380. The summed E-state index contributed by atoms with van der Waals surface area (Å²) in [5.74, 6) is -1.04. The van der Waals surface area contributed by atoms with Gasteiger partial charge in [-0.1, -0.05) is 23.5 Å². The van der Waals surface area contributed by atoms with Gasteiger partial charge < -0.3 is 5.32 Å². The molecule has 0 fully saturated rings. The van der Waals surface area contributed by atoms with Crippen molar-refractivity contribution in [3.63, 3.8) is 0 Å². The van der Waals surface area contributed by atoms with Gasteiger partial charge in [-0.3, -0.25) is 14.9 Å². The van der Waals surface area contributed by atoms with Gasteiger partial charge in [0.25, 0.3) is 0 Å². The molecule has 0 unspecified atom stereocenters. The van der Waals surface area contributed by atoms with Crippen molar-refractivity contribution in [2.24, 2.45) is 0 Å². The number of hydrogen-bond donors (Lipinski definition) is 1. The van der Waals surface area contributed by atoms with E-state index in [-0.39, 0.29) is 10.7 Å². The van der Waals surface area contributed by atoms with E-state index in [1.54, 1.807) is 6.07 Å². The highest BCUT2D eigenvalue weighted by atomic mass is 32.1. The number of nitrogens with one attached hydrogen (secondary N) is 1. The molecule has 0 aliphatic rings. The molecule has 2 rings (SSSR count). The second-order valence-corrected chi connectivity index (χ2v) is 4.83. The van der Waals surface area contributed by atoms with E-state index in [1.165, 1.54) is 42.5 Å². The van der Waals surface area contributed by atoms with Crippen molar-refractivity contribution in [2.75, 3.05) is 5.32 Å². The molecule has 2 aromatic rings. The van der Waals surface area contributed by atoms with Crippen LogP contribution in [0.25, 0.3) is 6.08 Å². The number of carbonyl (C=O) groups excluding carboxylic acids is 1. The monoisotopic (exact) mass is 292 g/mol. The maximum atomic E-state index is 13.3. The summed E-state index contributed by atoms with van der Waals surface area (Å²) in [5, 5.41) is 12.9. The topological polar surface area (TPSA) is 72.2 Å². The van der Waals surface area contributed by atoms with Crippen molar-refractivity contribution in [1.82, 2.24) is 0 Å². The first kappa shape index (κ1) is 13.9. The van der Waals surface area contributed by atoms with Crippen molar-refractivity contribution < 1.29 is 14.1 Å². The molecule has 1 N–H and O–H groups in total. The van der Waals surface area contributed by atoms with Gasteiger partial charge in [0.05, 0.1) is 10.6 Å². The van der Waals surface area contributed by atoms with Crippen molar-refractivity contribution in [3.05, 3.63) is 63.3 Å². The van der Waals surface area contributed by atoms with Gasteiger partial charge in [-0.15, -0.1) is 0 Å². The van der Waals surface area contributed by atoms with E-state index in [9.17, 15) is 19.3 Å². The fourth-order valence-electron chi connectivity index (χ4n) is 1.42. The van der Waals surface area contributed by atoms with Crippen molar-refractivity contribution in [2.45, 2.75) is 0 Å². The van der Waals surface area contributed by atoms with Crippen LogP contribution in [0.3, 0.4) is 0 Å². The minimum absolute atomic E-state index is 0.000776. The van der Waals surface area contributed by atoms with Crippen LogP contribution in [0, 0.1) is 15.9 Å². The third-order valence-electron chi connectivity index (χ3n) is 2.32. The Morgan fingerprint density at radius 3 is 2.70 bits per heavy atom. The smallest absolute Gasteiger partial charge is 0.320 e. The normalized spacial score (nSPS) is 10.7. The number of thiophene rings is 1. The Kier molecular flexibility index (Phi) is 4.21. The SMILES string of the molecule is O=C(/C=C/c1ccc([N+](=O)[O-])s1)Nc1ccccc1F. The van der Waals surface area contributed by atoms with Crippen molar-refractivity contribution in [1.29, 1.82) is 0 Å². The third kappa shape index (κ3) is 3.48. The molecule has 1 aromatic carbocycles. The lowest BCUT2D eigenvalue weighted by Gasteiger charge is -2.02. The Morgan fingerprint density at radius 2 is 2.05 bits per heavy atom. The predicted octanol–water partition coefficient (Wildman–Crippen LogP) is 3.45. The third-order valence-corrected chi connectivity index (χ3v) is 3.33. The zero-order valence-electron chi connectivity index (χ0n) is 10.1. The number of nitrogens with zero attached hydrogens (tertiary/aromatic N) is 1. The van der Waals surface area contributed by atoms with Crippen LogP contribution in [0.4, 0.5) is 15.1 Å². The molecule has 0 saturated carbocycles. The maximum Gasteiger partial charge on any atom is 0.324 e. The Balaban J connectivity index is 2.02. The Hall–Kier alpha value is -2.54. The Bertz CT molecular complexity index is 682. The second-order valence-electron chi connectivity index (χ2n) is 3.74. The summed E-state index contributed by atoms with van der Waals surface area (Å²) in [6.45, 7) is 0. The van der Waals surface area contributed by atoms with E-state index in [2.05, 4.69) is 5.32 Å². The molecule has 0 saturated heterocycles. The summed E-state index contributed by atoms with van der Waals surface area (Å²) in [6.07, 6.45) is 2.63. The number of hydrogen-bond acceptors (Lipinski definition) is 4. The maximum absolute atomic E-state index is 13.3. The van der Waals surface area contributed by atoms with E-state index in [0.717, 1.165) is 11.3 Å². The number of anilines is 1. The number of halogens is 1. The summed E-state index contributed by atoms with van der Waals surface area (Å²) in [7, 11) is 0. The van der Waals surface area contributed by atoms with Gasteiger partial charge in [-0.05, 0) is 24.3 Å². The summed E-state index contributed by atoms with van der Waals surface area (Å²) in [6, 6.07) is 8.70. The molecule has 0 aliphatic heterocycles.